The third kappa shape index (κ3) is 3.66. The zero-order chi connectivity index (χ0) is 15.2. The highest BCUT2D eigenvalue weighted by atomic mass is 16.5. The fraction of sp³-hybridized carbons (Fsp3) is 0.111. The number of hydrogen-bond donors (Lipinski definition) is 0. The Hall–Kier alpha value is -2.68. The maximum atomic E-state index is 11.9. The Bertz CT molecular complexity index is 670. The zero-order valence-electron chi connectivity index (χ0n) is 12.2. The molecule has 106 valence electrons. The number of rotatable bonds is 4. The van der Waals surface area contributed by atoms with Crippen LogP contribution in [0.15, 0.2) is 66.2 Å². The summed E-state index contributed by atoms with van der Waals surface area (Å²) in [6.07, 6.45) is 0. The zero-order valence-corrected chi connectivity index (χ0v) is 12.2. The maximum absolute atomic E-state index is 11.9. The van der Waals surface area contributed by atoms with Crippen LogP contribution in [0.1, 0.15) is 16.7 Å². The fourth-order valence-electron chi connectivity index (χ4n) is 1.87. The second kappa shape index (κ2) is 6.66. The Labute approximate surface area is 124 Å². The molecule has 2 rings (SSSR count). The first kappa shape index (κ1) is 14.7. The average molecular weight is 279 g/mol. The number of aryl methyl sites for hydroxylation is 1. The van der Waals surface area contributed by atoms with E-state index in [1.165, 1.54) is 7.11 Å². The van der Waals surface area contributed by atoms with Crippen LogP contribution in [0.4, 0.5) is 0 Å². The van der Waals surface area contributed by atoms with Crippen LogP contribution >= 0.6 is 0 Å². The first-order valence-electron chi connectivity index (χ1n) is 6.60. The number of benzene rings is 2. The number of aliphatic imine (C=N–C) groups is 1. The Morgan fingerprint density at radius 2 is 1.62 bits per heavy atom. The third-order valence-corrected chi connectivity index (χ3v) is 3.06. The van der Waals surface area contributed by atoms with Gasteiger partial charge >= 0.3 is 5.97 Å². The number of nitrogens with zero attached hydrogens (tertiary/aromatic N) is 1. The normalized spacial score (nSPS) is 11.0. The van der Waals surface area contributed by atoms with Crippen molar-refractivity contribution in [2.24, 2.45) is 4.99 Å². The number of methoxy groups -OCH3 is 1. The standard InChI is InChI=1S/C18H17NO2/c1-13-9-11-15(12-10-13)14(2)19-17(18(20)21-3)16-7-5-4-6-8-16/h4-12H,2H2,1,3H3. The number of hydrogen-bond acceptors (Lipinski definition) is 3. The Kier molecular flexibility index (Phi) is 4.67. The van der Waals surface area contributed by atoms with Crippen LogP contribution in [0.25, 0.3) is 5.70 Å². The largest absolute Gasteiger partial charge is 0.464 e. The van der Waals surface area contributed by atoms with E-state index in [-0.39, 0.29) is 5.71 Å². The molecule has 0 aliphatic carbocycles. The second-order valence-electron chi connectivity index (χ2n) is 4.63. The lowest BCUT2D eigenvalue weighted by molar-refractivity contribution is -0.132. The van der Waals surface area contributed by atoms with Crippen LogP contribution in [0.3, 0.4) is 0 Å². The van der Waals surface area contributed by atoms with Crippen molar-refractivity contribution < 1.29 is 9.53 Å². The first-order valence-corrected chi connectivity index (χ1v) is 6.60. The molecule has 3 nitrogen and oxygen atoms in total. The summed E-state index contributed by atoms with van der Waals surface area (Å²) in [5.74, 6) is -0.477. The highest BCUT2D eigenvalue weighted by Gasteiger charge is 2.14. The molecular formula is C18H17NO2. The van der Waals surface area contributed by atoms with Gasteiger partial charge in [0, 0.05) is 5.56 Å². The van der Waals surface area contributed by atoms with Gasteiger partial charge in [-0.25, -0.2) is 9.79 Å². The number of esters is 1. The van der Waals surface area contributed by atoms with Gasteiger partial charge in [-0.3, -0.25) is 0 Å². The van der Waals surface area contributed by atoms with E-state index < -0.39 is 5.97 Å². The molecule has 0 saturated carbocycles. The number of ether oxygens (including phenoxy) is 1. The van der Waals surface area contributed by atoms with Crippen molar-refractivity contribution in [2.45, 2.75) is 6.92 Å². The molecule has 2 aromatic rings. The van der Waals surface area contributed by atoms with Crippen LogP contribution in [-0.4, -0.2) is 18.8 Å². The molecule has 0 aliphatic rings. The van der Waals surface area contributed by atoms with Crippen LogP contribution in [0.5, 0.6) is 0 Å². The molecule has 0 radical (unpaired) electrons. The van der Waals surface area contributed by atoms with Crippen LogP contribution in [-0.2, 0) is 9.53 Å². The quantitative estimate of drug-likeness (QED) is 0.633. The molecular weight excluding hydrogens is 262 g/mol. The van der Waals surface area contributed by atoms with E-state index in [0.29, 0.717) is 11.3 Å². The van der Waals surface area contributed by atoms with Gasteiger partial charge in [-0.1, -0.05) is 66.7 Å². The topological polar surface area (TPSA) is 38.7 Å². The van der Waals surface area contributed by atoms with Crippen molar-refractivity contribution in [1.82, 2.24) is 0 Å². The minimum atomic E-state index is -0.477. The summed E-state index contributed by atoms with van der Waals surface area (Å²) in [6.45, 7) is 5.95. The second-order valence-corrected chi connectivity index (χ2v) is 4.63. The van der Waals surface area contributed by atoms with Crippen molar-refractivity contribution in [3.05, 3.63) is 77.9 Å². The molecule has 3 heteroatoms. The molecule has 0 aliphatic heterocycles. The minimum Gasteiger partial charge on any atom is -0.464 e. The highest BCUT2D eigenvalue weighted by Crippen LogP contribution is 2.16. The smallest absolute Gasteiger partial charge is 0.357 e. The fourth-order valence-corrected chi connectivity index (χ4v) is 1.87. The van der Waals surface area contributed by atoms with Gasteiger partial charge in [0.05, 0.1) is 12.8 Å². The summed E-state index contributed by atoms with van der Waals surface area (Å²) >= 11 is 0. The van der Waals surface area contributed by atoms with Crippen molar-refractivity contribution in [2.75, 3.05) is 7.11 Å². The van der Waals surface area contributed by atoms with E-state index in [0.717, 1.165) is 11.1 Å². The summed E-state index contributed by atoms with van der Waals surface area (Å²) < 4.78 is 4.81. The van der Waals surface area contributed by atoms with E-state index in [9.17, 15) is 4.79 Å². The minimum absolute atomic E-state index is 0.253. The van der Waals surface area contributed by atoms with E-state index in [1.807, 2.05) is 61.5 Å². The molecule has 21 heavy (non-hydrogen) atoms. The monoisotopic (exact) mass is 279 g/mol. The summed E-state index contributed by atoms with van der Waals surface area (Å²) in [5.41, 5.74) is 3.52. The molecule has 0 fully saturated rings. The van der Waals surface area contributed by atoms with Crippen molar-refractivity contribution >= 4 is 17.4 Å². The lowest BCUT2D eigenvalue weighted by Crippen LogP contribution is -2.17. The molecule has 0 saturated heterocycles. The van der Waals surface area contributed by atoms with Gasteiger partial charge in [-0.2, -0.15) is 0 Å². The van der Waals surface area contributed by atoms with Gasteiger partial charge in [0.15, 0.2) is 5.71 Å². The molecule has 0 bridgehead atoms. The summed E-state index contributed by atoms with van der Waals surface area (Å²) in [5, 5.41) is 0. The van der Waals surface area contributed by atoms with Gasteiger partial charge < -0.3 is 4.74 Å². The molecule has 0 heterocycles. The average Bonchev–Trinajstić information content (AvgIpc) is 2.53. The van der Waals surface area contributed by atoms with Gasteiger partial charge in [0.1, 0.15) is 0 Å². The summed E-state index contributed by atoms with van der Waals surface area (Å²) in [4.78, 5) is 16.3. The van der Waals surface area contributed by atoms with Crippen LogP contribution < -0.4 is 0 Å². The summed E-state index contributed by atoms with van der Waals surface area (Å²) in [7, 11) is 1.34. The molecule has 0 unspecified atom stereocenters. The van der Waals surface area contributed by atoms with Crippen LogP contribution in [0.2, 0.25) is 0 Å². The Balaban J connectivity index is 2.39. The van der Waals surface area contributed by atoms with E-state index in [4.69, 9.17) is 4.74 Å². The molecule has 0 atom stereocenters. The van der Waals surface area contributed by atoms with Crippen molar-refractivity contribution in [3.8, 4) is 0 Å². The van der Waals surface area contributed by atoms with Crippen molar-refractivity contribution in [3.63, 3.8) is 0 Å². The van der Waals surface area contributed by atoms with Gasteiger partial charge in [0.25, 0.3) is 0 Å². The van der Waals surface area contributed by atoms with E-state index in [2.05, 4.69) is 11.6 Å². The molecule has 0 aromatic heterocycles. The Morgan fingerprint density at radius 3 is 2.19 bits per heavy atom. The number of carbonyl (C=O) groups excluding carboxylic acids is 1. The Morgan fingerprint density at radius 1 is 1.00 bits per heavy atom. The first-order chi connectivity index (χ1) is 10.1. The third-order valence-electron chi connectivity index (χ3n) is 3.06. The highest BCUT2D eigenvalue weighted by molar-refractivity contribution is 6.44. The predicted octanol–water partition coefficient (Wildman–Crippen LogP) is 3.63. The van der Waals surface area contributed by atoms with Gasteiger partial charge in [-0.05, 0) is 12.5 Å². The lowest BCUT2D eigenvalue weighted by atomic mass is 10.1. The van der Waals surface area contributed by atoms with E-state index in [1.54, 1.807) is 0 Å². The molecule has 0 N–H and O–H groups in total. The van der Waals surface area contributed by atoms with Gasteiger partial charge in [0.2, 0.25) is 0 Å². The number of carbonyl (C=O) groups is 1. The van der Waals surface area contributed by atoms with E-state index >= 15 is 0 Å². The molecule has 2 aromatic carbocycles. The van der Waals surface area contributed by atoms with Crippen LogP contribution in [0, 0.1) is 6.92 Å². The lowest BCUT2D eigenvalue weighted by Gasteiger charge is -2.07. The molecule has 0 amide bonds. The van der Waals surface area contributed by atoms with Gasteiger partial charge in [-0.15, -0.1) is 0 Å². The SMILES string of the molecule is C=C(N=C(C(=O)OC)c1ccccc1)c1ccc(C)cc1. The maximum Gasteiger partial charge on any atom is 0.357 e. The van der Waals surface area contributed by atoms with Crippen molar-refractivity contribution in [1.29, 1.82) is 0 Å². The summed E-state index contributed by atoms with van der Waals surface area (Å²) in [6, 6.07) is 17.0. The predicted molar refractivity (Wildman–Crippen MR) is 85.2 cm³/mol. The molecule has 0 spiro atoms.